The first kappa shape index (κ1) is 21.7. The molecule has 0 N–H and O–H groups in total. The van der Waals surface area contributed by atoms with Crippen LogP contribution in [0.4, 0.5) is 0 Å². The molecule has 1 aromatic heterocycles. The number of amides is 2. The minimum Gasteiger partial charge on any atom is -0.385 e. The van der Waals surface area contributed by atoms with Crippen LogP contribution in [0.5, 0.6) is 0 Å². The SMILES string of the molecule is COCCCCCC(=O)N1CCCC2(CCC(=O)N(Cc3cnc(C)cn3)C2)C1. The van der Waals surface area contributed by atoms with Crippen LogP contribution in [0.1, 0.15) is 62.8 Å². The van der Waals surface area contributed by atoms with Crippen molar-refractivity contribution in [2.75, 3.05) is 33.4 Å². The van der Waals surface area contributed by atoms with Crippen LogP contribution in [0.2, 0.25) is 0 Å². The summed E-state index contributed by atoms with van der Waals surface area (Å²) >= 11 is 0. The highest BCUT2D eigenvalue weighted by Gasteiger charge is 2.42. The lowest BCUT2D eigenvalue weighted by Gasteiger charge is -2.48. The smallest absolute Gasteiger partial charge is 0.222 e. The molecule has 0 radical (unpaired) electrons. The molecule has 3 rings (SSSR count). The Balaban J connectivity index is 1.56. The van der Waals surface area contributed by atoms with Gasteiger partial charge in [0.15, 0.2) is 0 Å². The molecule has 2 aliphatic heterocycles. The highest BCUT2D eigenvalue weighted by atomic mass is 16.5. The maximum atomic E-state index is 12.7. The van der Waals surface area contributed by atoms with Crippen LogP contribution >= 0.6 is 0 Å². The van der Waals surface area contributed by atoms with Gasteiger partial charge >= 0.3 is 0 Å². The van der Waals surface area contributed by atoms with Crippen LogP contribution in [0.25, 0.3) is 0 Å². The molecule has 0 saturated carbocycles. The van der Waals surface area contributed by atoms with Crippen LogP contribution < -0.4 is 0 Å². The van der Waals surface area contributed by atoms with Crippen molar-refractivity contribution >= 4 is 11.8 Å². The molecule has 1 atom stereocenters. The lowest BCUT2D eigenvalue weighted by atomic mass is 9.73. The van der Waals surface area contributed by atoms with Gasteiger partial charge in [0.25, 0.3) is 0 Å². The maximum Gasteiger partial charge on any atom is 0.222 e. The number of ether oxygens (including phenoxy) is 1. The minimum atomic E-state index is 0.0238. The summed E-state index contributed by atoms with van der Waals surface area (Å²) in [6, 6.07) is 0. The number of aromatic nitrogens is 2. The first-order valence-electron chi connectivity index (χ1n) is 10.8. The summed E-state index contributed by atoms with van der Waals surface area (Å²) in [5, 5.41) is 0. The molecule has 7 heteroatoms. The van der Waals surface area contributed by atoms with Crippen molar-refractivity contribution in [1.82, 2.24) is 19.8 Å². The van der Waals surface area contributed by atoms with Crippen molar-refractivity contribution < 1.29 is 14.3 Å². The van der Waals surface area contributed by atoms with Gasteiger partial charge in [-0.1, -0.05) is 6.42 Å². The Hall–Kier alpha value is -2.02. The second kappa shape index (κ2) is 10.1. The maximum absolute atomic E-state index is 12.7. The standard InChI is InChI=1S/C22H34N4O3/c1-18-13-24-19(14-23-18)15-26-17-22(10-8-21(26)28)9-6-11-25(16-22)20(27)7-4-3-5-12-29-2/h13-14H,3-12,15-17H2,1-2H3. The Bertz CT molecular complexity index is 694. The number of likely N-dealkylation sites (tertiary alicyclic amines) is 2. The highest BCUT2D eigenvalue weighted by Crippen LogP contribution is 2.39. The van der Waals surface area contributed by atoms with Crippen molar-refractivity contribution in [2.24, 2.45) is 5.41 Å². The average Bonchev–Trinajstić information content (AvgIpc) is 2.72. The molecule has 160 valence electrons. The van der Waals surface area contributed by atoms with E-state index in [0.29, 0.717) is 25.9 Å². The number of hydrogen-bond acceptors (Lipinski definition) is 5. The molecule has 2 aliphatic rings. The Kier molecular flexibility index (Phi) is 7.58. The van der Waals surface area contributed by atoms with Crippen LogP contribution in [0.15, 0.2) is 12.4 Å². The fourth-order valence-corrected chi connectivity index (χ4v) is 4.55. The minimum absolute atomic E-state index is 0.0238. The van der Waals surface area contributed by atoms with Gasteiger partial charge in [-0.3, -0.25) is 19.6 Å². The molecular formula is C22H34N4O3. The van der Waals surface area contributed by atoms with Crippen LogP contribution in [0.3, 0.4) is 0 Å². The molecule has 1 spiro atoms. The van der Waals surface area contributed by atoms with E-state index in [0.717, 1.165) is 69.6 Å². The number of unbranched alkanes of at least 4 members (excludes halogenated alkanes) is 2. The Morgan fingerprint density at radius 2 is 2.03 bits per heavy atom. The van der Waals surface area contributed by atoms with Gasteiger partial charge in [-0.2, -0.15) is 0 Å². The quantitative estimate of drug-likeness (QED) is 0.625. The van der Waals surface area contributed by atoms with E-state index in [2.05, 4.69) is 9.97 Å². The predicted molar refractivity (Wildman–Crippen MR) is 110 cm³/mol. The zero-order chi connectivity index (χ0) is 20.7. The Morgan fingerprint density at radius 1 is 1.17 bits per heavy atom. The Morgan fingerprint density at radius 3 is 2.79 bits per heavy atom. The van der Waals surface area contributed by atoms with Crippen molar-refractivity contribution in [3.63, 3.8) is 0 Å². The molecule has 3 heterocycles. The fourth-order valence-electron chi connectivity index (χ4n) is 4.55. The van der Waals surface area contributed by atoms with Crippen LogP contribution in [-0.2, 0) is 20.9 Å². The number of carbonyl (C=O) groups excluding carboxylic acids is 2. The third-order valence-electron chi connectivity index (χ3n) is 6.19. The summed E-state index contributed by atoms with van der Waals surface area (Å²) < 4.78 is 5.07. The van der Waals surface area contributed by atoms with Crippen molar-refractivity contribution in [2.45, 2.75) is 64.8 Å². The number of hydrogen-bond donors (Lipinski definition) is 0. The molecule has 0 aromatic carbocycles. The molecule has 1 aromatic rings. The molecular weight excluding hydrogens is 368 g/mol. The number of carbonyl (C=O) groups is 2. The van der Waals surface area contributed by atoms with Gasteiger partial charge in [-0.25, -0.2) is 0 Å². The molecule has 7 nitrogen and oxygen atoms in total. The van der Waals surface area contributed by atoms with Crippen LogP contribution in [-0.4, -0.2) is 64.9 Å². The van der Waals surface area contributed by atoms with Gasteiger partial charge in [-0.15, -0.1) is 0 Å². The summed E-state index contributed by atoms with van der Waals surface area (Å²) in [6.45, 7) is 5.49. The van der Waals surface area contributed by atoms with Crippen molar-refractivity contribution in [3.05, 3.63) is 23.8 Å². The molecule has 2 fully saturated rings. The summed E-state index contributed by atoms with van der Waals surface area (Å²) in [4.78, 5) is 37.9. The van der Waals surface area contributed by atoms with E-state index in [1.807, 2.05) is 16.7 Å². The van der Waals surface area contributed by atoms with Gasteiger partial charge in [0.2, 0.25) is 11.8 Å². The van der Waals surface area contributed by atoms with Crippen LogP contribution in [0, 0.1) is 12.3 Å². The summed E-state index contributed by atoms with van der Waals surface area (Å²) in [6.07, 6.45) is 10.6. The lowest BCUT2D eigenvalue weighted by molar-refractivity contribution is -0.143. The van der Waals surface area contributed by atoms with Gasteiger partial charge in [-0.05, 0) is 39.0 Å². The molecule has 2 saturated heterocycles. The topological polar surface area (TPSA) is 75.6 Å². The van der Waals surface area contributed by atoms with E-state index in [-0.39, 0.29) is 17.2 Å². The van der Waals surface area contributed by atoms with Crippen molar-refractivity contribution in [3.8, 4) is 0 Å². The zero-order valence-corrected chi connectivity index (χ0v) is 17.9. The second-order valence-corrected chi connectivity index (χ2v) is 8.62. The van der Waals surface area contributed by atoms with E-state index in [9.17, 15) is 9.59 Å². The first-order chi connectivity index (χ1) is 14.0. The average molecular weight is 403 g/mol. The highest BCUT2D eigenvalue weighted by molar-refractivity contribution is 5.78. The number of piperidine rings is 2. The van der Waals surface area contributed by atoms with Gasteiger partial charge in [0, 0.05) is 57.8 Å². The van der Waals surface area contributed by atoms with Gasteiger partial charge < -0.3 is 14.5 Å². The third kappa shape index (κ3) is 5.98. The monoisotopic (exact) mass is 402 g/mol. The number of nitrogens with zero attached hydrogens (tertiary/aromatic N) is 4. The third-order valence-corrected chi connectivity index (χ3v) is 6.19. The predicted octanol–water partition coefficient (Wildman–Crippen LogP) is 2.72. The second-order valence-electron chi connectivity index (χ2n) is 8.62. The molecule has 0 aliphatic carbocycles. The summed E-state index contributed by atoms with van der Waals surface area (Å²) in [5.41, 5.74) is 1.72. The largest absolute Gasteiger partial charge is 0.385 e. The zero-order valence-electron chi connectivity index (χ0n) is 17.9. The molecule has 2 amide bonds. The van der Waals surface area contributed by atoms with E-state index < -0.39 is 0 Å². The van der Waals surface area contributed by atoms with E-state index in [4.69, 9.17) is 4.74 Å². The Labute approximate surface area is 173 Å². The first-order valence-corrected chi connectivity index (χ1v) is 10.8. The molecule has 29 heavy (non-hydrogen) atoms. The van der Waals surface area contributed by atoms with E-state index in [1.165, 1.54) is 0 Å². The van der Waals surface area contributed by atoms with Gasteiger partial charge in [0.05, 0.1) is 24.1 Å². The fraction of sp³-hybridized carbons (Fsp3) is 0.727. The van der Waals surface area contributed by atoms with E-state index in [1.54, 1.807) is 19.5 Å². The normalized spacial score (nSPS) is 22.3. The summed E-state index contributed by atoms with van der Waals surface area (Å²) in [5.74, 6) is 0.439. The number of rotatable bonds is 8. The number of aryl methyl sites for hydroxylation is 1. The molecule has 1 unspecified atom stereocenters. The lowest BCUT2D eigenvalue weighted by Crippen LogP contribution is -2.54. The van der Waals surface area contributed by atoms with E-state index >= 15 is 0 Å². The van der Waals surface area contributed by atoms with Gasteiger partial charge in [0.1, 0.15) is 0 Å². The number of methoxy groups -OCH3 is 1. The van der Waals surface area contributed by atoms with Crippen molar-refractivity contribution in [1.29, 1.82) is 0 Å². The molecule has 0 bridgehead atoms. The summed E-state index contributed by atoms with van der Waals surface area (Å²) in [7, 11) is 1.71.